The summed E-state index contributed by atoms with van der Waals surface area (Å²) in [7, 11) is 0. The Labute approximate surface area is 86.3 Å². The van der Waals surface area contributed by atoms with Crippen molar-refractivity contribution in [2.75, 3.05) is 26.2 Å². The molecule has 14 heavy (non-hydrogen) atoms. The van der Waals surface area contributed by atoms with Crippen molar-refractivity contribution in [3.63, 3.8) is 0 Å². The van der Waals surface area contributed by atoms with Crippen LogP contribution in [-0.2, 0) is 4.79 Å². The molecule has 0 saturated carbocycles. The zero-order valence-corrected chi connectivity index (χ0v) is 9.42. The van der Waals surface area contributed by atoms with Crippen LogP contribution in [0.5, 0.6) is 0 Å². The molecule has 2 N–H and O–H groups in total. The highest BCUT2D eigenvalue weighted by molar-refractivity contribution is 5.78. The second-order valence-corrected chi connectivity index (χ2v) is 3.38. The minimum atomic E-state index is -0.300. The van der Waals surface area contributed by atoms with Crippen LogP contribution >= 0.6 is 0 Å². The molecule has 4 nitrogen and oxygen atoms in total. The molecule has 1 atom stereocenters. The predicted octanol–water partition coefficient (Wildman–Crippen LogP) is 0.215. The van der Waals surface area contributed by atoms with E-state index in [9.17, 15) is 4.79 Å². The van der Waals surface area contributed by atoms with Crippen molar-refractivity contribution in [3.05, 3.63) is 0 Å². The van der Waals surface area contributed by atoms with E-state index < -0.39 is 0 Å². The van der Waals surface area contributed by atoms with Gasteiger partial charge < -0.3 is 15.3 Å². The fraction of sp³-hybridized carbons (Fsp3) is 0.900. The molecule has 0 aromatic rings. The Morgan fingerprint density at radius 2 is 2.00 bits per heavy atom. The third-order valence-electron chi connectivity index (χ3n) is 2.13. The van der Waals surface area contributed by atoms with Crippen LogP contribution in [0.25, 0.3) is 0 Å². The van der Waals surface area contributed by atoms with E-state index in [0.29, 0.717) is 19.5 Å². The van der Waals surface area contributed by atoms with Crippen LogP contribution in [0.3, 0.4) is 0 Å². The largest absolute Gasteiger partial charge is 0.393 e. The average Bonchev–Trinajstić information content (AvgIpc) is 2.14. The Morgan fingerprint density at radius 1 is 1.43 bits per heavy atom. The maximum Gasteiger partial charge on any atom is 0.236 e. The van der Waals surface area contributed by atoms with Gasteiger partial charge in [0.1, 0.15) is 0 Å². The molecule has 0 saturated heterocycles. The summed E-state index contributed by atoms with van der Waals surface area (Å²) in [5.41, 5.74) is 0. The first-order chi connectivity index (χ1) is 6.61. The molecule has 0 spiro atoms. The molecule has 0 heterocycles. The molecule has 0 aliphatic rings. The van der Waals surface area contributed by atoms with Crippen LogP contribution in [0.1, 0.15) is 27.2 Å². The van der Waals surface area contributed by atoms with E-state index in [0.717, 1.165) is 13.1 Å². The molecule has 4 heteroatoms. The summed E-state index contributed by atoms with van der Waals surface area (Å²) in [4.78, 5) is 13.2. The van der Waals surface area contributed by atoms with Crippen LogP contribution < -0.4 is 5.32 Å². The third kappa shape index (κ3) is 5.94. The first-order valence-corrected chi connectivity index (χ1v) is 5.28. The summed E-state index contributed by atoms with van der Waals surface area (Å²) < 4.78 is 0. The second-order valence-electron chi connectivity index (χ2n) is 3.38. The van der Waals surface area contributed by atoms with Crippen molar-refractivity contribution in [1.29, 1.82) is 0 Å². The number of carbonyl (C=O) groups excluding carboxylic acids is 1. The Morgan fingerprint density at radius 3 is 2.43 bits per heavy atom. The van der Waals surface area contributed by atoms with Crippen LogP contribution in [0, 0.1) is 0 Å². The van der Waals surface area contributed by atoms with Gasteiger partial charge in [-0.2, -0.15) is 0 Å². The zero-order valence-electron chi connectivity index (χ0n) is 9.42. The fourth-order valence-electron chi connectivity index (χ4n) is 1.19. The Balaban J connectivity index is 3.52. The van der Waals surface area contributed by atoms with Crippen molar-refractivity contribution < 1.29 is 9.90 Å². The molecule has 1 amide bonds. The van der Waals surface area contributed by atoms with Gasteiger partial charge in [-0.15, -0.1) is 0 Å². The number of nitrogens with zero attached hydrogens (tertiary/aromatic N) is 1. The molecule has 1 unspecified atom stereocenters. The summed E-state index contributed by atoms with van der Waals surface area (Å²) in [5.74, 6) is 0.126. The summed E-state index contributed by atoms with van der Waals surface area (Å²) in [6.45, 7) is 8.25. The highest BCUT2D eigenvalue weighted by Gasteiger charge is 2.07. The lowest BCUT2D eigenvalue weighted by atomic mass is 10.3. The molecular weight excluding hydrogens is 180 g/mol. The van der Waals surface area contributed by atoms with Gasteiger partial charge in [-0.1, -0.05) is 0 Å². The van der Waals surface area contributed by atoms with E-state index in [1.807, 2.05) is 13.8 Å². The molecule has 0 fully saturated rings. The van der Waals surface area contributed by atoms with Gasteiger partial charge in [-0.25, -0.2) is 0 Å². The van der Waals surface area contributed by atoms with Crippen LogP contribution in [0.4, 0.5) is 0 Å². The van der Waals surface area contributed by atoms with Crippen molar-refractivity contribution in [1.82, 2.24) is 10.2 Å². The molecule has 0 bridgehead atoms. The number of carbonyl (C=O) groups is 1. The van der Waals surface area contributed by atoms with Crippen molar-refractivity contribution in [3.8, 4) is 0 Å². The third-order valence-corrected chi connectivity index (χ3v) is 2.13. The maximum atomic E-state index is 11.5. The van der Waals surface area contributed by atoms with Gasteiger partial charge in [0.2, 0.25) is 5.91 Å². The SMILES string of the molecule is CCN(CC)C(=O)CNCCC(C)O. The van der Waals surface area contributed by atoms with Gasteiger partial charge in [-0.05, 0) is 33.7 Å². The van der Waals surface area contributed by atoms with E-state index in [2.05, 4.69) is 5.32 Å². The summed E-state index contributed by atoms with van der Waals surface area (Å²) in [6, 6.07) is 0. The Hall–Kier alpha value is -0.610. The minimum absolute atomic E-state index is 0.126. The van der Waals surface area contributed by atoms with Crippen LogP contribution in [0.2, 0.25) is 0 Å². The van der Waals surface area contributed by atoms with Crippen molar-refractivity contribution >= 4 is 5.91 Å². The number of aliphatic hydroxyl groups is 1. The van der Waals surface area contributed by atoms with E-state index in [1.54, 1.807) is 11.8 Å². The summed E-state index contributed by atoms with van der Waals surface area (Å²) in [5, 5.41) is 12.0. The van der Waals surface area contributed by atoms with Gasteiger partial charge in [0.25, 0.3) is 0 Å². The minimum Gasteiger partial charge on any atom is -0.393 e. The molecular formula is C10H22N2O2. The van der Waals surface area contributed by atoms with Gasteiger partial charge in [0.05, 0.1) is 12.6 Å². The molecule has 0 aromatic carbocycles. The van der Waals surface area contributed by atoms with E-state index in [1.165, 1.54) is 0 Å². The first kappa shape index (κ1) is 13.4. The van der Waals surface area contributed by atoms with Crippen molar-refractivity contribution in [2.45, 2.75) is 33.3 Å². The molecule has 0 aliphatic carbocycles. The highest BCUT2D eigenvalue weighted by Crippen LogP contribution is 1.89. The quantitative estimate of drug-likeness (QED) is 0.580. The molecule has 0 aliphatic heterocycles. The van der Waals surface area contributed by atoms with Crippen LogP contribution in [-0.4, -0.2) is 48.2 Å². The fourth-order valence-corrected chi connectivity index (χ4v) is 1.19. The lowest BCUT2D eigenvalue weighted by molar-refractivity contribution is -0.129. The monoisotopic (exact) mass is 202 g/mol. The molecule has 0 radical (unpaired) electrons. The zero-order chi connectivity index (χ0) is 11.0. The van der Waals surface area contributed by atoms with E-state index in [-0.39, 0.29) is 12.0 Å². The van der Waals surface area contributed by atoms with Gasteiger partial charge >= 0.3 is 0 Å². The number of hydrogen-bond donors (Lipinski definition) is 2. The summed E-state index contributed by atoms with van der Waals surface area (Å²) in [6.07, 6.45) is 0.386. The smallest absolute Gasteiger partial charge is 0.236 e. The maximum absolute atomic E-state index is 11.5. The number of likely N-dealkylation sites (N-methyl/N-ethyl adjacent to an activating group) is 1. The number of rotatable bonds is 7. The van der Waals surface area contributed by atoms with E-state index >= 15 is 0 Å². The summed E-state index contributed by atoms with van der Waals surface area (Å²) >= 11 is 0. The number of amides is 1. The Kier molecular flexibility index (Phi) is 7.42. The predicted molar refractivity (Wildman–Crippen MR) is 57.1 cm³/mol. The molecule has 0 aromatic heterocycles. The first-order valence-electron chi connectivity index (χ1n) is 5.28. The number of hydrogen-bond acceptors (Lipinski definition) is 3. The number of aliphatic hydroxyl groups excluding tert-OH is 1. The average molecular weight is 202 g/mol. The Bertz CT molecular complexity index is 156. The molecule has 0 rings (SSSR count). The van der Waals surface area contributed by atoms with Crippen molar-refractivity contribution in [2.24, 2.45) is 0 Å². The van der Waals surface area contributed by atoms with Gasteiger partial charge in [0, 0.05) is 13.1 Å². The normalized spacial score (nSPS) is 12.6. The standard InChI is InChI=1S/C10H22N2O2/c1-4-12(5-2)10(14)8-11-7-6-9(3)13/h9,11,13H,4-8H2,1-3H3. The van der Waals surface area contributed by atoms with Gasteiger partial charge in [-0.3, -0.25) is 4.79 Å². The molecule has 84 valence electrons. The number of nitrogens with one attached hydrogen (secondary N) is 1. The topological polar surface area (TPSA) is 52.6 Å². The van der Waals surface area contributed by atoms with Crippen LogP contribution in [0.15, 0.2) is 0 Å². The second kappa shape index (κ2) is 7.76. The lowest BCUT2D eigenvalue weighted by Gasteiger charge is -2.18. The highest BCUT2D eigenvalue weighted by atomic mass is 16.3. The van der Waals surface area contributed by atoms with E-state index in [4.69, 9.17) is 5.11 Å². The lowest BCUT2D eigenvalue weighted by Crippen LogP contribution is -2.38. The van der Waals surface area contributed by atoms with Gasteiger partial charge in [0.15, 0.2) is 0 Å².